The van der Waals surface area contributed by atoms with Crippen molar-refractivity contribution in [3.63, 3.8) is 0 Å². The lowest BCUT2D eigenvalue weighted by Gasteiger charge is -2.18. The van der Waals surface area contributed by atoms with Crippen LogP contribution in [0.5, 0.6) is 0 Å². The van der Waals surface area contributed by atoms with Crippen LogP contribution in [0.25, 0.3) is 0 Å². The van der Waals surface area contributed by atoms with Crippen LogP contribution in [0.4, 0.5) is 14.5 Å². The second-order valence-corrected chi connectivity index (χ2v) is 6.98. The first-order chi connectivity index (χ1) is 10.9. The van der Waals surface area contributed by atoms with Gasteiger partial charge < -0.3 is 5.32 Å². The minimum absolute atomic E-state index is 0.146. The van der Waals surface area contributed by atoms with Crippen LogP contribution in [-0.2, 0) is 11.2 Å². The zero-order chi connectivity index (χ0) is 16.4. The molecule has 2 aromatic rings. The van der Waals surface area contributed by atoms with Crippen molar-refractivity contribution < 1.29 is 13.6 Å². The predicted octanol–water partition coefficient (Wildman–Crippen LogP) is 3.82. The molecule has 1 aliphatic heterocycles. The molecule has 3 rings (SSSR count). The van der Waals surface area contributed by atoms with Crippen LogP contribution in [0.3, 0.4) is 0 Å². The molecule has 0 saturated carbocycles. The molecule has 1 unspecified atom stereocenters. The van der Waals surface area contributed by atoms with E-state index in [2.05, 4.69) is 10.3 Å². The SMILES string of the molecule is CC1(Cc2ccc(F)cc2)SC(=Nc2ccc(F)cc2)NC1=O. The molecule has 1 aliphatic rings. The number of hydrogen-bond donors (Lipinski definition) is 1. The number of carbonyl (C=O) groups is 1. The zero-order valence-electron chi connectivity index (χ0n) is 12.3. The largest absolute Gasteiger partial charge is 0.304 e. The first-order valence-electron chi connectivity index (χ1n) is 7.04. The van der Waals surface area contributed by atoms with Crippen molar-refractivity contribution in [2.75, 3.05) is 0 Å². The number of hydrogen-bond acceptors (Lipinski definition) is 3. The van der Waals surface area contributed by atoms with Crippen molar-refractivity contribution in [2.24, 2.45) is 4.99 Å². The molecule has 0 radical (unpaired) electrons. The average Bonchev–Trinajstić information content (AvgIpc) is 2.78. The highest BCUT2D eigenvalue weighted by atomic mass is 32.2. The number of aliphatic imine (C=N–C) groups is 1. The highest BCUT2D eigenvalue weighted by Crippen LogP contribution is 2.35. The summed E-state index contributed by atoms with van der Waals surface area (Å²) in [5.74, 6) is -0.785. The van der Waals surface area contributed by atoms with Gasteiger partial charge in [0.05, 0.1) is 5.69 Å². The maximum Gasteiger partial charge on any atom is 0.242 e. The quantitative estimate of drug-likeness (QED) is 0.928. The third-order valence-electron chi connectivity index (χ3n) is 3.53. The average molecular weight is 332 g/mol. The molecule has 1 N–H and O–H groups in total. The molecule has 6 heteroatoms. The van der Waals surface area contributed by atoms with Gasteiger partial charge in [-0.2, -0.15) is 0 Å². The lowest BCUT2D eigenvalue weighted by Crippen LogP contribution is -2.35. The van der Waals surface area contributed by atoms with E-state index in [0.717, 1.165) is 5.56 Å². The van der Waals surface area contributed by atoms with Crippen LogP contribution in [0.1, 0.15) is 12.5 Å². The summed E-state index contributed by atoms with van der Waals surface area (Å²) in [4.78, 5) is 16.6. The van der Waals surface area contributed by atoms with Crippen LogP contribution in [0, 0.1) is 11.6 Å². The van der Waals surface area contributed by atoms with Gasteiger partial charge in [0.2, 0.25) is 5.91 Å². The van der Waals surface area contributed by atoms with Gasteiger partial charge in [0.1, 0.15) is 16.4 Å². The summed E-state index contributed by atoms with van der Waals surface area (Å²) >= 11 is 1.32. The lowest BCUT2D eigenvalue weighted by atomic mass is 9.99. The number of benzene rings is 2. The maximum absolute atomic E-state index is 13.0. The normalized spacial score (nSPS) is 22.4. The van der Waals surface area contributed by atoms with E-state index in [1.807, 2.05) is 6.92 Å². The van der Waals surface area contributed by atoms with Gasteiger partial charge in [-0.15, -0.1) is 0 Å². The summed E-state index contributed by atoms with van der Waals surface area (Å²) in [5.41, 5.74) is 1.44. The standard InChI is InChI=1S/C17H14F2N2OS/c1-17(10-11-2-4-12(18)5-3-11)15(22)21-16(23-17)20-14-8-6-13(19)7-9-14/h2-9H,10H2,1H3,(H,20,21,22). The molecule has 23 heavy (non-hydrogen) atoms. The van der Waals surface area contributed by atoms with Crippen LogP contribution < -0.4 is 5.32 Å². The molecule has 2 aromatic carbocycles. The van der Waals surface area contributed by atoms with Gasteiger partial charge in [-0.25, -0.2) is 13.8 Å². The van der Waals surface area contributed by atoms with Crippen LogP contribution in [0.2, 0.25) is 0 Å². The Bertz CT molecular complexity index is 759. The molecule has 0 spiro atoms. The number of amidine groups is 1. The van der Waals surface area contributed by atoms with Crippen LogP contribution >= 0.6 is 11.8 Å². The molecule has 1 saturated heterocycles. The van der Waals surface area contributed by atoms with Crippen molar-refractivity contribution in [3.05, 3.63) is 65.7 Å². The summed E-state index contributed by atoms with van der Waals surface area (Å²) in [6, 6.07) is 11.8. The number of halogens is 2. The van der Waals surface area contributed by atoms with Gasteiger partial charge in [0.15, 0.2) is 5.17 Å². The second kappa shape index (κ2) is 6.12. The smallest absolute Gasteiger partial charge is 0.242 e. The van der Waals surface area contributed by atoms with Gasteiger partial charge in [-0.3, -0.25) is 4.79 Å². The molecule has 118 valence electrons. The van der Waals surface area contributed by atoms with Crippen molar-refractivity contribution in [1.82, 2.24) is 5.32 Å². The fourth-order valence-electron chi connectivity index (χ4n) is 2.31. The Labute approximate surface area is 136 Å². The maximum atomic E-state index is 13.0. The fraction of sp³-hybridized carbons (Fsp3) is 0.176. The van der Waals surface area contributed by atoms with Gasteiger partial charge in [0.25, 0.3) is 0 Å². The summed E-state index contributed by atoms with van der Waals surface area (Å²) in [6.45, 7) is 1.82. The summed E-state index contributed by atoms with van der Waals surface area (Å²) in [7, 11) is 0. The Morgan fingerprint density at radius 1 is 1.04 bits per heavy atom. The van der Waals surface area contributed by atoms with Crippen molar-refractivity contribution in [1.29, 1.82) is 0 Å². The third kappa shape index (κ3) is 3.59. The van der Waals surface area contributed by atoms with E-state index in [1.54, 1.807) is 24.3 Å². The van der Waals surface area contributed by atoms with Crippen molar-refractivity contribution >= 4 is 28.5 Å². The Hall–Kier alpha value is -2.21. The number of nitrogens with zero attached hydrogens (tertiary/aromatic N) is 1. The highest BCUT2D eigenvalue weighted by molar-refractivity contribution is 8.16. The number of nitrogens with one attached hydrogen (secondary N) is 1. The third-order valence-corrected chi connectivity index (χ3v) is 4.70. The first-order valence-corrected chi connectivity index (χ1v) is 7.85. The van der Waals surface area contributed by atoms with Gasteiger partial charge in [-0.05, 0) is 55.3 Å². The van der Waals surface area contributed by atoms with E-state index in [9.17, 15) is 13.6 Å². The number of amides is 1. The van der Waals surface area contributed by atoms with E-state index in [-0.39, 0.29) is 17.5 Å². The summed E-state index contributed by atoms with van der Waals surface area (Å²) in [6.07, 6.45) is 0.465. The molecule has 0 aromatic heterocycles. The van der Waals surface area contributed by atoms with Crippen molar-refractivity contribution in [2.45, 2.75) is 18.1 Å². The monoisotopic (exact) mass is 332 g/mol. The Morgan fingerprint density at radius 2 is 1.61 bits per heavy atom. The Kier molecular flexibility index (Phi) is 4.17. The van der Waals surface area contributed by atoms with Crippen molar-refractivity contribution in [3.8, 4) is 0 Å². The molecule has 0 aliphatic carbocycles. The van der Waals surface area contributed by atoms with Gasteiger partial charge in [0, 0.05) is 0 Å². The summed E-state index contributed by atoms with van der Waals surface area (Å²) in [5, 5.41) is 3.22. The fourth-order valence-corrected chi connectivity index (χ4v) is 3.41. The number of thioether (sulfide) groups is 1. The Balaban J connectivity index is 1.78. The zero-order valence-corrected chi connectivity index (χ0v) is 13.2. The highest BCUT2D eigenvalue weighted by Gasteiger charge is 2.42. The van der Waals surface area contributed by atoms with E-state index in [1.165, 1.54) is 36.0 Å². The minimum Gasteiger partial charge on any atom is -0.304 e. The first kappa shape index (κ1) is 15.7. The number of rotatable bonds is 3. The summed E-state index contributed by atoms with van der Waals surface area (Å²) < 4.78 is 25.2. The topological polar surface area (TPSA) is 41.5 Å². The van der Waals surface area contributed by atoms with Crippen LogP contribution in [0.15, 0.2) is 53.5 Å². The lowest BCUT2D eigenvalue weighted by molar-refractivity contribution is -0.121. The van der Waals surface area contributed by atoms with Crippen LogP contribution in [-0.4, -0.2) is 15.8 Å². The molecule has 1 heterocycles. The molecule has 1 amide bonds. The molecule has 1 atom stereocenters. The second-order valence-electron chi connectivity index (χ2n) is 5.48. The molecular formula is C17H14F2N2OS. The van der Waals surface area contributed by atoms with E-state index in [0.29, 0.717) is 17.3 Å². The predicted molar refractivity (Wildman–Crippen MR) is 87.7 cm³/mol. The number of carbonyl (C=O) groups excluding carboxylic acids is 1. The van der Waals surface area contributed by atoms with E-state index >= 15 is 0 Å². The van der Waals surface area contributed by atoms with Gasteiger partial charge in [-0.1, -0.05) is 23.9 Å². The molecule has 1 fully saturated rings. The Morgan fingerprint density at radius 3 is 2.22 bits per heavy atom. The van der Waals surface area contributed by atoms with Gasteiger partial charge >= 0.3 is 0 Å². The minimum atomic E-state index is -0.712. The molecule has 3 nitrogen and oxygen atoms in total. The van der Waals surface area contributed by atoms with E-state index < -0.39 is 4.75 Å². The van der Waals surface area contributed by atoms with E-state index in [4.69, 9.17) is 0 Å². The molecular weight excluding hydrogens is 318 g/mol. The molecule has 0 bridgehead atoms.